The smallest absolute Gasteiger partial charge is 0.322 e. The highest BCUT2D eigenvalue weighted by molar-refractivity contribution is 7.89. The summed E-state index contributed by atoms with van der Waals surface area (Å²) >= 11 is 0. The van der Waals surface area contributed by atoms with E-state index in [1.807, 2.05) is 0 Å². The highest BCUT2D eigenvalue weighted by atomic mass is 32.2. The van der Waals surface area contributed by atoms with Crippen molar-refractivity contribution in [3.8, 4) is 0 Å². The van der Waals surface area contributed by atoms with Gasteiger partial charge in [0.2, 0.25) is 10.0 Å². The molecule has 8 heteroatoms. The maximum absolute atomic E-state index is 11.5. The Kier molecular flexibility index (Phi) is 5.39. The minimum atomic E-state index is -3.95. The number of rotatable bonds is 6. The lowest BCUT2D eigenvalue weighted by molar-refractivity contribution is -0.142. The molecular weight excluding hydrogens is 238 g/mol. The van der Waals surface area contributed by atoms with E-state index in [9.17, 15) is 18.0 Å². The first-order valence-electron chi connectivity index (χ1n) is 4.56. The lowest BCUT2D eigenvalue weighted by atomic mass is 10.4. The van der Waals surface area contributed by atoms with Gasteiger partial charge in [-0.3, -0.25) is 9.59 Å². The van der Waals surface area contributed by atoms with Crippen LogP contribution in [0.5, 0.6) is 0 Å². The zero-order valence-electron chi connectivity index (χ0n) is 9.34. The van der Waals surface area contributed by atoms with Crippen LogP contribution in [0.15, 0.2) is 0 Å². The summed E-state index contributed by atoms with van der Waals surface area (Å²) in [6, 6.07) is -1.22. The summed E-state index contributed by atoms with van der Waals surface area (Å²) in [6.07, 6.45) is 0. The van der Waals surface area contributed by atoms with Crippen LogP contribution in [0, 0.1) is 0 Å². The predicted octanol–water partition coefficient (Wildman–Crippen LogP) is -0.716. The van der Waals surface area contributed by atoms with Gasteiger partial charge in [0, 0.05) is 7.05 Å². The molecule has 0 fully saturated rings. The van der Waals surface area contributed by atoms with Gasteiger partial charge in [-0.2, -0.15) is 4.31 Å². The molecule has 0 amide bonds. The van der Waals surface area contributed by atoms with E-state index < -0.39 is 33.8 Å². The van der Waals surface area contributed by atoms with Crippen molar-refractivity contribution in [1.29, 1.82) is 0 Å². The number of carbonyl (C=O) groups excluding carboxylic acids is 1. The van der Waals surface area contributed by atoms with Crippen LogP contribution in [0.4, 0.5) is 0 Å². The summed E-state index contributed by atoms with van der Waals surface area (Å²) in [4.78, 5) is 21.6. The van der Waals surface area contributed by atoms with Gasteiger partial charge in [0.15, 0.2) is 5.75 Å². The van der Waals surface area contributed by atoms with Gasteiger partial charge in [-0.15, -0.1) is 0 Å². The van der Waals surface area contributed by atoms with Gasteiger partial charge in [0.1, 0.15) is 6.04 Å². The molecule has 0 aromatic heterocycles. The van der Waals surface area contributed by atoms with Crippen LogP contribution < -0.4 is 0 Å². The quantitative estimate of drug-likeness (QED) is 0.627. The van der Waals surface area contributed by atoms with Crippen molar-refractivity contribution >= 4 is 22.0 Å². The van der Waals surface area contributed by atoms with Crippen LogP contribution in [0.25, 0.3) is 0 Å². The molecule has 0 bridgehead atoms. The molecule has 0 radical (unpaired) electrons. The van der Waals surface area contributed by atoms with Gasteiger partial charge < -0.3 is 9.84 Å². The molecule has 0 aromatic carbocycles. The van der Waals surface area contributed by atoms with Gasteiger partial charge in [-0.25, -0.2) is 8.42 Å². The fraction of sp³-hybridized carbons (Fsp3) is 0.750. The summed E-state index contributed by atoms with van der Waals surface area (Å²) in [7, 11) is -2.84. The van der Waals surface area contributed by atoms with E-state index in [2.05, 4.69) is 4.74 Å². The third-order valence-electron chi connectivity index (χ3n) is 1.95. The number of esters is 1. The molecule has 16 heavy (non-hydrogen) atoms. The Balaban J connectivity index is 4.67. The lowest BCUT2D eigenvalue weighted by Crippen LogP contribution is -2.42. The molecule has 1 atom stereocenters. The first-order chi connectivity index (χ1) is 7.22. The number of carboxylic acids is 1. The van der Waals surface area contributed by atoms with Crippen LogP contribution in [0.1, 0.15) is 13.8 Å². The van der Waals surface area contributed by atoms with Crippen LogP contribution >= 0.6 is 0 Å². The summed E-state index contributed by atoms with van der Waals surface area (Å²) in [5.74, 6) is -3.03. The fourth-order valence-corrected chi connectivity index (χ4v) is 2.01. The maximum atomic E-state index is 11.5. The number of hydrogen-bond donors (Lipinski definition) is 1. The SMILES string of the molecule is CCOC(=O)CS(=O)(=O)N(C)C(C)C(=O)O. The first kappa shape index (κ1) is 14.8. The number of sulfonamides is 1. The van der Waals surface area contributed by atoms with E-state index in [4.69, 9.17) is 5.11 Å². The molecule has 0 saturated heterocycles. The molecule has 0 rings (SSSR count). The van der Waals surface area contributed by atoms with Gasteiger partial charge >= 0.3 is 11.9 Å². The number of hydrogen-bond acceptors (Lipinski definition) is 5. The van der Waals surface area contributed by atoms with Crippen LogP contribution in [0.3, 0.4) is 0 Å². The number of likely N-dealkylation sites (N-methyl/N-ethyl adjacent to an activating group) is 1. The molecule has 0 aliphatic carbocycles. The standard InChI is InChI=1S/C8H15NO6S/c1-4-15-7(10)5-16(13,14)9(3)6(2)8(11)12/h6H,4-5H2,1-3H3,(H,11,12). The molecule has 1 unspecified atom stereocenters. The van der Waals surface area contributed by atoms with Crippen molar-refractivity contribution in [3.05, 3.63) is 0 Å². The third-order valence-corrected chi connectivity index (χ3v) is 3.74. The minimum Gasteiger partial charge on any atom is -0.480 e. The minimum absolute atomic E-state index is 0.0759. The van der Waals surface area contributed by atoms with E-state index in [0.29, 0.717) is 4.31 Å². The highest BCUT2D eigenvalue weighted by Crippen LogP contribution is 2.05. The van der Waals surface area contributed by atoms with Crippen molar-refractivity contribution in [1.82, 2.24) is 4.31 Å². The Labute approximate surface area is 94.0 Å². The van der Waals surface area contributed by atoms with E-state index in [0.717, 1.165) is 7.05 Å². The van der Waals surface area contributed by atoms with Crippen molar-refractivity contribution in [2.24, 2.45) is 0 Å². The number of carboxylic acid groups (broad SMARTS) is 1. The Hall–Kier alpha value is -1.15. The normalized spacial score (nSPS) is 13.5. The highest BCUT2D eigenvalue weighted by Gasteiger charge is 2.30. The van der Waals surface area contributed by atoms with Gasteiger partial charge in [0.05, 0.1) is 6.61 Å². The Morgan fingerprint density at radius 2 is 1.94 bits per heavy atom. The molecule has 0 aromatic rings. The Bertz CT molecular complexity index is 363. The van der Waals surface area contributed by atoms with E-state index >= 15 is 0 Å². The second kappa shape index (κ2) is 5.80. The van der Waals surface area contributed by atoms with Gasteiger partial charge in [-0.1, -0.05) is 0 Å². The predicted molar refractivity (Wildman–Crippen MR) is 55.3 cm³/mol. The van der Waals surface area contributed by atoms with E-state index in [1.165, 1.54) is 6.92 Å². The summed E-state index contributed by atoms with van der Waals surface area (Å²) in [5, 5.41) is 8.63. The molecule has 7 nitrogen and oxygen atoms in total. The molecule has 0 heterocycles. The van der Waals surface area contributed by atoms with Gasteiger partial charge in [0.25, 0.3) is 0 Å². The van der Waals surface area contributed by atoms with Crippen molar-refractivity contribution < 1.29 is 27.9 Å². The monoisotopic (exact) mass is 253 g/mol. The van der Waals surface area contributed by atoms with E-state index in [1.54, 1.807) is 6.92 Å². The molecular formula is C8H15NO6S. The Morgan fingerprint density at radius 1 is 1.44 bits per heavy atom. The molecule has 1 N–H and O–H groups in total. The first-order valence-corrected chi connectivity index (χ1v) is 6.17. The summed E-state index contributed by atoms with van der Waals surface area (Å²) < 4.78 is 28.2. The molecule has 0 aliphatic heterocycles. The number of carbonyl (C=O) groups is 2. The molecule has 0 spiro atoms. The average Bonchev–Trinajstić information content (AvgIpc) is 2.14. The molecule has 0 aliphatic rings. The van der Waals surface area contributed by atoms with E-state index in [-0.39, 0.29) is 6.61 Å². The number of aliphatic carboxylic acids is 1. The Morgan fingerprint density at radius 3 is 2.31 bits per heavy atom. The van der Waals surface area contributed by atoms with Gasteiger partial charge in [-0.05, 0) is 13.8 Å². The van der Waals surface area contributed by atoms with Crippen LogP contribution in [0.2, 0.25) is 0 Å². The molecule has 0 saturated carbocycles. The zero-order chi connectivity index (χ0) is 12.9. The van der Waals surface area contributed by atoms with Crippen molar-refractivity contribution in [2.75, 3.05) is 19.4 Å². The fourth-order valence-electron chi connectivity index (χ4n) is 0.850. The second-order valence-electron chi connectivity index (χ2n) is 3.09. The lowest BCUT2D eigenvalue weighted by Gasteiger charge is -2.20. The number of ether oxygens (including phenoxy) is 1. The molecule has 94 valence electrons. The second-order valence-corrected chi connectivity index (χ2v) is 5.12. The topological polar surface area (TPSA) is 101 Å². The summed E-state index contributed by atoms with van der Waals surface area (Å²) in [6.45, 7) is 2.84. The largest absolute Gasteiger partial charge is 0.480 e. The van der Waals surface area contributed by atoms with Crippen LogP contribution in [-0.4, -0.2) is 55.2 Å². The van der Waals surface area contributed by atoms with Crippen molar-refractivity contribution in [2.45, 2.75) is 19.9 Å². The number of nitrogens with zero attached hydrogens (tertiary/aromatic N) is 1. The zero-order valence-corrected chi connectivity index (χ0v) is 10.2. The third kappa shape index (κ3) is 4.15. The maximum Gasteiger partial charge on any atom is 0.322 e. The average molecular weight is 253 g/mol. The summed E-state index contributed by atoms with van der Waals surface area (Å²) in [5.41, 5.74) is 0. The van der Waals surface area contributed by atoms with Crippen molar-refractivity contribution in [3.63, 3.8) is 0 Å². The van der Waals surface area contributed by atoms with Crippen LogP contribution in [-0.2, 0) is 24.3 Å².